The molecule has 1 saturated heterocycles. The Morgan fingerprint density at radius 3 is 2.41 bits per heavy atom. The molecule has 2 aromatic rings. The second-order valence-corrected chi connectivity index (χ2v) is 9.88. The Balaban J connectivity index is 1.56. The van der Waals surface area contributed by atoms with Crippen molar-refractivity contribution >= 4 is 27.7 Å². The number of carbonyl (C=O) groups excluding carboxylic acids is 1. The van der Waals surface area contributed by atoms with Crippen LogP contribution in [-0.4, -0.2) is 75.6 Å². The van der Waals surface area contributed by atoms with Crippen LogP contribution in [0.15, 0.2) is 59.5 Å². The van der Waals surface area contributed by atoms with Crippen LogP contribution in [0.1, 0.15) is 11.1 Å². The molecule has 1 heterocycles. The summed E-state index contributed by atoms with van der Waals surface area (Å²) in [6.45, 7) is 3.14. The van der Waals surface area contributed by atoms with Crippen LogP contribution < -0.4 is 10.4 Å². The summed E-state index contributed by atoms with van der Waals surface area (Å²) in [5.74, 6) is -0.678. The van der Waals surface area contributed by atoms with E-state index in [0.717, 1.165) is 19.0 Å². The van der Waals surface area contributed by atoms with E-state index in [0.29, 0.717) is 31.7 Å². The maximum Gasteiger partial charge on any atom is 0.267 e. The zero-order valence-corrected chi connectivity index (χ0v) is 19.3. The van der Waals surface area contributed by atoms with Gasteiger partial charge in [0.15, 0.2) is 0 Å². The molecule has 9 heteroatoms. The lowest BCUT2D eigenvalue weighted by Crippen LogP contribution is -2.49. The third-order valence-corrected chi connectivity index (χ3v) is 7.43. The fourth-order valence-electron chi connectivity index (χ4n) is 3.58. The second kappa shape index (κ2) is 10.7. The molecular weight excluding hydrogens is 428 g/mol. The van der Waals surface area contributed by atoms with Crippen LogP contribution in [0.25, 0.3) is 6.08 Å². The van der Waals surface area contributed by atoms with E-state index in [1.165, 1.54) is 33.2 Å². The Morgan fingerprint density at radius 2 is 1.78 bits per heavy atom. The normalized spacial score (nSPS) is 15.7. The molecule has 0 aliphatic carbocycles. The van der Waals surface area contributed by atoms with Gasteiger partial charge in [0.1, 0.15) is 0 Å². The first kappa shape index (κ1) is 23.9. The number of rotatable bonds is 8. The molecular formula is C23H30N4O4S. The van der Waals surface area contributed by atoms with Crippen molar-refractivity contribution in [2.75, 3.05) is 51.7 Å². The summed E-state index contributed by atoms with van der Waals surface area (Å²) in [7, 11) is 0.424. The first-order valence-corrected chi connectivity index (χ1v) is 11.9. The molecule has 3 rings (SSSR count). The number of anilines is 1. The summed E-state index contributed by atoms with van der Waals surface area (Å²) < 4.78 is 27.6. The van der Waals surface area contributed by atoms with Crippen LogP contribution >= 0.6 is 0 Å². The molecule has 1 fully saturated rings. The van der Waals surface area contributed by atoms with Crippen LogP contribution in [0.4, 0.5) is 5.69 Å². The molecule has 0 saturated carbocycles. The second-order valence-electron chi connectivity index (χ2n) is 7.94. The molecule has 0 bridgehead atoms. The van der Waals surface area contributed by atoms with E-state index in [9.17, 15) is 13.2 Å². The molecule has 1 amide bonds. The molecule has 2 aromatic carbocycles. The minimum atomic E-state index is -3.61. The van der Waals surface area contributed by atoms with E-state index in [1.807, 2.05) is 14.1 Å². The number of hydroxylamine groups is 1. The minimum absolute atomic E-state index is 0.193. The van der Waals surface area contributed by atoms with Gasteiger partial charge < -0.3 is 9.80 Å². The molecule has 0 unspecified atom stereocenters. The van der Waals surface area contributed by atoms with Crippen LogP contribution in [0, 0.1) is 0 Å². The van der Waals surface area contributed by atoms with E-state index >= 15 is 0 Å². The topological polar surface area (TPSA) is 93.2 Å². The van der Waals surface area contributed by atoms with Crippen LogP contribution in [0.2, 0.25) is 0 Å². The minimum Gasteiger partial charge on any atom is -0.378 e. The average Bonchev–Trinajstić information content (AvgIpc) is 2.82. The average molecular weight is 459 g/mol. The Bertz CT molecular complexity index is 1040. The first-order valence-electron chi connectivity index (χ1n) is 10.5. The Kier molecular flexibility index (Phi) is 8.03. The molecule has 1 aliphatic rings. The Labute approximate surface area is 189 Å². The number of piperazine rings is 1. The predicted octanol–water partition coefficient (Wildman–Crippen LogP) is 1.82. The molecule has 2 N–H and O–H groups in total. The van der Waals surface area contributed by atoms with Gasteiger partial charge in [0.25, 0.3) is 5.91 Å². The lowest BCUT2D eigenvalue weighted by atomic mass is 10.1. The highest BCUT2D eigenvalue weighted by Gasteiger charge is 2.28. The SMILES string of the molecule is CN(C)c1ccc(CCN2CCN(S(=O)(=O)c3cccc(C=CC(=O)NO)c3)CC2)cc1. The monoisotopic (exact) mass is 458 g/mol. The molecule has 0 aromatic heterocycles. The smallest absolute Gasteiger partial charge is 0.267 e. The van der Waals surface area contributed by atoms with Crippen LogP contribution in [0.3, 0.4) is 0 Å². The van der Waals surface area contributed by atoms with Gasteiger partial charge in [0.05, 0.1) is 4.90 Å². The number of carbonyl (C=O) groups is 1. The van der Waals surface area contributed by atoms with E-state index in [4.69, 9.17) is 5.21 Å². The Hall–Kier alpha value is -2.72. The van der Waals surface area contributed by atoms with Crippen molar-refractivity contribution in [3.8, 4) is 0 Å². The molecule has 0 radical (unpaired) electrons. The van der Waals surface area contributed by atoms with E-state index in [1.54, 1.807) is 18.2 Å². The standard InChI is InChI=1S/C23H30N4O4S/c1-25(2)21-9-6-19(7-10-21)12-13-26-14-16-27(17-15-26)32(30,31)22-5-3-4-20(18-22)8-11-23(28)24-29/h3-11,18,29H,12-17H2,1-2H3,(H,24,28). The van der Waals surface area contributed by atoms with Crippen LogP contribution in [-0.2, 0) is 21.2 Å². The fourth-order valence-corrected chi connectivity index (χ4v) is 5.06. The van der Waals surface area contributed by atoms with E-state index < -0.39 is 15.9 Å². The number of nitrogens with one attached hydrogen (secondary N) is 1. The number of hydrogen-bond donors (Lipinski definition) is 2. The number of benzene rings is 2. The highest BCUT2D eigenvalue weighted by molar-refractivity contribution is 7.89. The van der Waals surface area contributed by atoms with Gasteiger partial charge in [0.2, 0.25) is 10.0 Å². The molecule has 1 aliphatic heterocycles. The first-order chi connectivity index (χ1) is 15.3. The van der Waals surface area contributed by atoms with Crippen molar-refractivity contribution in [3.05, 3.63) is 65.7 Å². The summed E-state index contributed by atoms with van der Waals surface area (Å²) in [5, 5.41) is 8.56. The van der Waals surface area contributed by atoms with Gasteiger partial charge in [-0.2, -0.15) is 4.31 Å². The third-order valence-electron chi connectivity index (χ3n) is 5.53. The van der Waals surface area contributed by atoms with Crippen molar-refractivity contribution < 1.29 is 18.4 Å². The summed E-state index contributed by atoms with van der Waals surface area (Å²) in [6.07, 6.45) is 3.52. The van der Waals surface area contributed by atoms with Gasteiger partial charge >= 0.3 is 0 Å². The fraction of sp³-hybridized carbons (Fsp3) is 0.348. The van der Waals surface area contributed by atoms with Crippen molar-refractivity contribution in [3.63, 3.8) is 0 Å². The van der Waals surface area contributed by atoms with Gasteiger partial charge in [-0.1, -0.05) is 24.3 Å². The number of amides is 1. The highest BCUT2D eigenvalue weighted by Crippen LogP contribution is 2.20. The van der Waals surface area contributed by atoms with Gasteiger partial charge in [0, 0.05) is 58.6 Å². The van der Waals surface area contributed by atoms with E-state index in [-0.39, 0.29) is 4.90 Å². The molecule has 0 spiro atoms. The molecule has 172 valence electrons. The summed E-state index contributed by atoms with van der Waals surface area (Å²) in [4.78, 5) is 15.7. The van der Waals surface area contributed by atoms with Gasteiger partial charge in [-0.05, 0) is 47.9 Å². The Morgan fingerprint density at radius 1 is 1.09 bits per heavy atom. The third kappa shape index (κ3) is 6.17. The molecule has 8 nitrogen and oxygen atoms in total. The largest absolute Gasteiger partial charge is 0.378 e. The zero-order valence-electron chi connectivity index (χ0n) is 18.4. The lowest BCUT2D eigenvalue weighted by Gasteiger charge is -2.34. The summed E-state index contributed by atoms with van der Waals surface area (Å²) in [5.41, 5.74) is 4.51. The molecule has 32 heavy (non-hydrogen) atoms. The number of hydrogen-bond acceptors (Lipinski definition) is 6. The highest BCUT2D eigenvalue weighted by atomic mass is 32.2. The number of nitrogens with zero attached hydrogens (tertiary/aromatic N) is 3. The maximum absolute atomic E-state index is 13.1. The summed E-state index contributed by atoms with van der Waals surface area (Å²) >= 11 is 0. The summed E-state index contributed by atoms with van der Waals surface area (Å²) in [6, 6.07) is 14.9. The maximum atomic E-state index is 13.1. The van der Waals surface area contributed by atoms with Crippen LogP contribution in [0.5, 0.6) is 0 Å². The van der Waals surface area contributed by atoms with Gasteiger partial charge in [-0.3, -0.25) is 10.0 Å². The quantitative estimate of drug-likeness (QED) is 0.356. The van der Waals surface area contributed by atoms with Gasteiger partial charge in [-0.15, -0.1) is 0 Å². The zero-order chi connectivity index (χ0) is 23.1. The lowest BCUT2D eigenvalue weighted by molar-refractivity contribution is -0.124. The molecule has 0 atom stereocenters. The van der Waals surface area contributed by atoms with E-state index in [2.05, 4.69) is 34.1 Å². The van der Waals surface area contributed by atoms with Crippen molar-refractivity contribution in [2.45, 2.75) is 11.3 Å². The van der Waals surface area contributed by atoms with Crippen molar-refractivity contribution in [1.82, 2.24) is 14.7 Å². The van der Waals surface area contributed by atoms with Crippen molar-refractivity contribution in [1.29, 1.82) is 0 Å². The number of sulfonamides is 1. The van der Waals surface area contributed by atoms with Gasteiger partial charge in [-0.25, -0.2) is 13.9 Å². The van der Waals surface area contributed by atoms with Crippen molar-refractivity contribution in [2.24, 2.45) is 0 Å². The predicted molar refractivity (Wildman–Crippen MR) is 125 cm³/mol.